The first-order valence-corrected chi connectivity index (χ1v) is 8.73. The van der Waals surface area contributed by atoms with E-state index in [4.69, 9.17) is 5.10 Å². The van der Waals surface area contributed by atoms with Gasteiger partial charge in [-0.25, -0.2) is 4.68 Å². The van der Waals surface area contributed by atoms with Gasteiger partial charge in [-0.1, -0.05) is 78.9 Å². The molecule has 1 aromatic heterocycles. The molecule has 0 aliphatic carbocycles. The maximum Gasteiger partial charge on any atom is 0.1000 e. The maximum absolute atomic E-state index is 9.68. The van der Waals surface area contributed by atoms with Crippen LogP contribution in [-0.2, 0) is 0 Å². The molecule has 0 atom stereocenters. The van der Waals surface area contributed by atoms with Crippen molar-refractivity contribution in [1.29, 1.82) is 5.26 Å². The second-order valence-electron chi connectivity index (χ2n) is 6.12. The Hall–Kier alpha value is -3.90. The number of rotatable bonds is 4. The van der Waals surface area contributed by atoms with Crippen molar-refractivity contribution < 1.29 is 0 Å². The minimum Gasteiger partial charge on any atom is -0.240 e. The van der Waals surface area contributed by atoms with E-state index in [2.05, 4.69) is 6.07 Å². The normalized spacial score (nSPS) is 11.1. The van der Waals surface area contributed by atoms with Gasteiger partial charge in [0.1, 0.15) is 0 Å². The summed E-state index contributed by atoms with van der Waals surface area (Å²) in [6.07, 6.45) is 3.88. The van der Waals surface area contributed by atoms with E-state index in [1.165, 1.54) is 0 Å². The van der Waals surface area contributed by atoms with Gasteiger partial charge in [0.05, 0.1) is 23.0 Å². The second-order valence-corrected chi connectivity index (χ2v) is 6.12. The molecule has 3 nitrogen and oxygen atoms in total. The first-order valence-electron chi connectivity index (χ1n) is 8.73. The zero-order chi connectivity index (χ0) is 18.5. The molecule has 0 spiro atoms. The highest BCUT2D eigenvalue weighted by molar-refractivity contribution is 5.92. The van der Waals surface area contributed by atoms with Crippen LogP contribution < -0.4 is 0 Å². The van der Waals surface area contributed by atoms with Gasteiger partial charge < -0.3 is 0 Å². The van der Waals surface area contributed by atoms with E-state index in [-0.39, 0.29) is 0 Å². The molecule has 0 saturated carbocycles. The van der Waals surface area contributed by atoms with Gasteiger partial charge in [-0.15, -0.1) is 0 Å². The van der Waals surface area contributed by atoms with Gasteiger partial charge in [-0.3, -0.25) is 0 Å². The molecular formula is C24H17N3. The summed E-state index contributed by atoms with van der Waals surface area (Å²) in [6.45, 7) is 0. The molecule has 3 heteroatoms. The van der Waals surface area contributed by atoms with E-state index in [0.717, 1.165) is 28.1 Å². The van der Waals surface area contributed by atoms with Crippen LogP contribution in [0, 0.1) is 11.3 Å². The predicted octanol–water partition coefficient (Wildman–Crippen LogP) is 5.60. The summed E-state index contributed by atoms with van der Waals surface area (Å²) in [5.41, 5.74) is 5.26. The van der Waals surface area contributed by atoms with E-state index in [1.54, 1.807) is 0 Å². The maximum atomic E-state index is 9.68. The number of hydrogen-bond donors (Lipinski definition) is 0. The Morgan fingerprint density at radius 1 is 0.815 bits per heavy atom. The Morgan fingerprint density at radius 2 is 1.41 bits per heavy atom. The van der Waals surface area contributed by atoms with Crippen LogP contribution in [0.2, 0.25) is 0 Å². The van der Waals surface area contributed by atoms with Crippen molar-refractivity contribution in [3.63, 3.8) is 0 Å². The number of hydrogen-bond acceptors (Lipinski definition) is 2. The minimum atomic E-state index is 0.611. The molecule has 4 rings (SSSR count). The molecule has 0 radical (unpaired) electrons. The molecule has 128 valence electrons. The fraction of sp³-hybridized carbons (Fsp3) is 0. The molecule has 0 unspecified atom stereocenters. The molecule has 0 N–H and O–H groups in total. The summed E-state index contributed by atoms with van der Waals surface area (Å²) in [5, 5.41) is 14.5. The van der Waals surface area contributed by atoms with Gasteiger partial charge in [-0.05, 0) is 23.8 Å². The minimum absolute atomic E-state index is 0.611. The topological polar surface area (TPSA) is 41.6 Å². The molecule has 3 aromatic carbocycles. The predicted molar refractivity (Wildman–Crippen MR) is 109 cm³/mol. The molecule has 4 aromatic rings. The molecule has 0 aliphatic heterocycles. The number of nitriles is 1. The average Bonchev–Trinajstić information content (AvgIpc) is 3.18. The zero-order valence-corrected chi connectivity index (χ0v) is 14.7. The molecule has 0 saturated heterocycles. The van der Waals surface area contributed by atoms with Crippen LogP contribution in [0.25, 0.3) is 28.6 Å². The summed E-state index contributed by atoms with van der Waals surface area (Å²) >= 11 is 0. The van der Waals surface area contributed by atoms with Crippen LogP contribution in [0.5, 0.6) is 0 Å². The molecule has 1 heterocycles. The lowest BCUT2D eigenvalue weighted by molar-refractivity contribution is 0.884. The van der Waals surface area contributed by atoms with Crippen LogP contribution in [0.4, 0.5) is 0 Å². The monoisotopic (exact) mass is 347 g/mol. The van der Waals surface area contributed by atoms with Gasteiger partial charge >= 0.3 is 0 Å². The van der Waals surface area contributed by atoms with Crippen molar-refractivity contribution in [2.45, 2.75) is 0 Å². The molecule has 27 heavy (non-hydrogen) atoms. The fourth-order valence-corrected chi connectivity index (χ4v) is 2.98. The molecular weight excluding hydrogens is 330 g/mol. The van der Waals surface area contributed by atoms with Crippen LogP contribution in [0.1, 0.15) is 11.1 Å². The average molecular weight is 347 g/mol. The van der Waals surface area contributed by atoms with E-state index in [9.17, 15) is 5.26 Å². The summed E-state index contributed by atoms with van der Waals surface area (Å²) < 4.78 is 1.86. The van der Waals surface area contributed by atoms with Gasteiger partial charge in [0.2, 0.25) is 0 Å². The first-order chi connectivity index (χ1) is 13.3. The van der Waals surface area contributed by atoms with Gasteiger partial charge in [0.15, 0.2) is 0 Å². The summed E-state index contributed by atoms with van der Waals surface area (Å²) in [7, 11) is 0. The van der Waals surface area contributed by atoms with Gasteiger partial charge in [0.25, 0.3) is 0 Å². The highest BCUT2D eigenvalue weighted by Crippen LogP contribution is 2.27. The lowest BCUT2D eigenvalue weighted by Crippen LogP contribution is -1.93. The highest BCUT2D eigenvalue weighted by Gasteiger charge is 2.12. The van der Waals surface area contributed by atoms with Crippen molar-refractivity contribution in [2.75, 3.05) is 0 Å². The Bertz CT molecular complexity index is 1100. The molecule has 0 aliphatic rings. The summed E-state index contributed by atoms with van der Waals surface area (Å²) in [5.74, 6) is 0. The van der Waals surface area contributed by atoms with Crippen molar-refractivity contribution >= 4 is 11.6 Å². The molecule has 0 fully saturated rings. The van der Waals surface area contributed by atoms with Crippen LogP contribution in [-0.4, -0.2) is 9.78 Å². The van der Waals surface area contributed by atoms with Crippen LogP contribution in [0.15, 0.2) is 97.2 Å². The third-order valence-electron chi connectivity index (χ3n) is 4.32. The van der Waals surface area contributed by atoms with E-state index >= 15 is 0 Å². The number of nitrogens with zero attached hydrogens (tertiary/aromatic N) is 3. The van der Waals surface area contributed by atoms with Crippen molar-refractivity contribution in [3.05, 3.63) is 108 Å². The molecule has 0 bridgehead atoms. The Labute approximate surface area is 158 Å². The second kappa shape index (κ2) is 7.55. The Morgan fingerprint density at radius 3 is 2.04 bits per heavy atom. The van der Waals surface area contributed by atoms with Crippen molar-refractivity contribution in [1.82, 2.24) is 9.78 Å². The largest absolute Gasteiger partial charge is 0.240 e. The third-order valence-corrected chi connectivity index (χ3v) is 4.32. The van der Waals surface area contributed by atoms with E-state index in [1.807, 2.05) is 108 Å². The summed E-state index contributed by atoms with van der Waals surface area (Å²) in [4.78, 5) is 0. The fourth-order valence-electron chi connectivity index (χ4n) is 2.98. The van der Waals surface area contributed by atoms with E-state index in [0.29, 0.717) is 5.57 Å². The smallest absolute Gasteiger partial charge is 0.1000 e. The highest BCUT2D eigenvalue weighted by atomic mass is 15.3. The van der Waals surface area contributed by atoms with Crippen molar-refractivity contribution in [2.24, 2.45) is 0 Å². The van der Waals surface area contributed by atoms with Crippen molar-refractivity contribution in [3.8, 4) is 23.0 Å². The summed E-state index contributed by atoms with van der Waals surface area (Å²) in [6, 6.07) is 32.0. The first kappa shape index (κ1) is 16.6. The zero-order valence-electron chi connectivity index (χ0n) is 14.7. The Kier molecular flexibility index (Phi) is 4.63. The molecule has 0 amide bonds. The third kappa shape index (κ3) is 3.56. The number of aromatic nitrogens is 2. The number of allylic oxidation sites excluding steroid dienone is 1. The number of benzene rings is 3. The van der Waals surface area contributed by atoms with Crippen LogP contribution in [0.3, 0.4) is 0 Å². The SMILES string of the molecule is N#C/C(=C\c1cn(-c2ccccc2)nc1-c1ccccc1)c1ccccc1. The Balaban J connectivity index is 1.87. The van der Waals surface area contributed by atoms with E-state index < -0.39 is 0 Å². The van der Waals surface area contributed by atoms with Crippen LogP contribution >= 0.6 is 0 Å². The lowest BCUT2D eigenvalue weighted by atomic mass is 10.0. The quantitative estimate of drug-likeness (QED) is 0.451. The lowest BCUT2D eigenvalue weighted by Gasteiger charge is -2.01. The van der Waals surface area contributed by atoms with Gasteiger partial charge in [0, 0.05) is 17.3 Å². The standard InChI is InChI=1S/C24H17N3/c25-17-21(19-10-4-1-5-11-19)16-22-18-27(23-14-8-3-9-15-23)26-24(22)20-12-6-2-7-13-20/h1-16,18H/b21-16+. The number of para-hydroxylation sites is 1. The van der Waals surface area contributed by atoms with Gasteiger partial charge in [-0.2, -0.15) is 10.4 Å².